The van der Waals surface area contributed by atoms with Crippen LogP contribution in [-0.2, 0) is 20.4 Å². The van der Waals surface area contributed by atoms with Crippen molar-refractivity contribution < 1.29 is 31.8 Å². The Morgan fingerprint density at radius 2 is 1.96 bits per heavy atom. The van der Waals surface area contributed by atoms with Gasteiger partial charge in [0.1, 0.15) is 17.9 Å². The number of halogens is 4. The van der Waals surface area contributed by atoms with E-state index in [1.54, 1.807) is 13.8 Å². The molecule has 0 bridgehead atoms. The molecular weight excluding hydrogens is 346 g/mol. The van der Waals surface area contributed by atoms with E-state index in [1.807, 2.05) is 0 Å². The number of pyridine rings is 1. The van der Waals surface area contributed by atoms with E-state index in [4.69, 9.17) is 19.9 Å². The Bertz CT molecular complexity index is 641. The second-order valence-electron chi connectivity index (χ2n) is 6.45. The number of nitrogens with zero attached hydrogens (tertiary/aromatic N) is 1. The van der Waals surface area contributed by atoms with Gasteiger partial charge in [-0.1, -0.05) is 0 Å². The first kappa shape index (κ1) is 18.3. The summed E-state index contributed by atoms with van der Waals surface area (Å²) in [6.07, 6.45) is -6.16. The molecule has 0 saturated carbocycles. The number of rotatable bonds is 3. The quantitative estimate of drug-likeness (QED) is 0.797. The summed E-state index contributed by atoms with van der Waals surface area (Å²) in [5, 5.41) is 2.66. The summed E-state index contributed by atoms with van der Waals surface area (Å²) < 4.78 is 69.5. The van der Waals surface area contributed by atoms with Gasteiger partial charge in [-0.05, 0) is 26.0 Å². The van der Waals surface area contributed by atoms with Crippen LogP contribution in [0.2, 0.25) is 0 Å². The highest BCUT2D eigenvalue weighted by Crippen LogP contribution is 2.36. The van der Waals surface area contributed by atoms with Crippen molar-refractivity contribution in [2.24, 2.45) is 5.73 Å². The molecule has 3 heterocycles. The van der Waals surface area contributed by atoms with Crippen molar-refractivity contribution in [3.63, 3.8) is 0 Å². The summed E-state index contributed by atoms with van der Waals surface area (Å²) in [4.78, 5) is 3.34. The molecular formula is C15H19F4N3O3. The Hall–Kier alpha value is -1.49. The van der Waals surface area contributed by atoms with Gasteiger partial charge in [0.25, 0.3) is 0 Å². The molecule has 4 atom stereocenters. The molecule has 1 aromatic rings. The van der Waals surface area contributed by atoms with Crippen molar-refractivity contribution in [1.29, 1.82) is 0 Å². The normalized spacial score (nSPS) is 31.6. The van der Waals surface area contributed by atoms with Crippen molar-refractivity contribution in [3.8, 4) is 0 Å². The summed E-state index contributed by atoms with van der Waals surface area (Å²) in [7, 11) is 0. The monoisotopic (exact) mass is 365 g/mol. The van der Waals surface area contributed by atoms with Gasteiger partial charge in [0.2, 0.25) is 0 Å². The first-order chi connectivity index (χ1) is 11.6. The van der Waals surface area contributed by atoms with E-state index in [-0.39, 0.29) is 13.2 Å². The smallest absolute Gasteiger partial charge is 0.372 e. The number of anilines is 1. The third-order valence-electron chi connectivity index (χ3n) is 4.11. The van der Waals surface area contributed by atoms with Crippen LogP contribution in [0.5, 0.6) is 0 Å². The fourth-order valence-electron chi connectivity index (χ4n) is 3.04. The first-order valence-electron chi connectivity index (χ1n) is 7.78. The summed E-state index contributed by atoms with van der Waals surface area (Å²) in [6, 6.07) is 0.668. The predicted octanol–water partition coefficient (Wildman–Crippen LogP) is 1.90. The average Bonchev–Trinajstić information content (AvgIpc) is 2.84. The van der Waals surface area contributed by atoms with Gasteiger partial charge in [-0.25, -0.2) is 9.37 Å². The van der Waals surface area contributed by atoms with E-state index in [9.17, 15) is 17.6 Å². The summed E-state index contributed by atoms with van der Waals surface area (Å²) in [5.41, 5.74) is 4.47. The molecule has 2 fully saturated rings. The van der Waals surface area contributed by atoms with Crippen LogP contribution in [-0.4, -0.2) is 48.3 Å². The highest BCUT2D eigenvalue weighted by molar-refractivity contribution is 5.40. The standard InChI is InChI=1S/C15H19F4N3O3/c1-14(2)24-11-8(6-23-9(5-20)12(11)25-14)21-13-7(16)3-4-10(22-13)15(17,18)19/h3-4,8-9,11-12H,5-6,20H2,1-2H3,(H,21,22)/t8-,9+,11+,12-/m0/s1. The SMILES string of the molecule is CC1(C)O[C@@H]2[C@H](O1)[C@@H](Nc1nc(C(F)(F)F)ccc1F)CO[C@@H]2CN. The highest BCUT2D eigenvalue weighted by atomic mass is 19.4. The molecule has 0 radical (unpaired) electrons. The second kappa shape index (κ2) is 6.35. The van der Waals surface area contributed by atoms with Crippen LogP contribution in [0.4, 0.5) is 23.4 Å². The fraction of sp³-hybridized carbons (Fsp3) is 0.667. The van der Waals surface area contributed by atoms with Crippen molar-refractivity contribution in [2.75, 3.05) is 18.5 Å². The van der Waals surface area contributed by atoms with E-state index in [0.29, 0.717) is 6.07 Å². The zero-order valence-corrected chi connectivity index (χ0v) is 13.6. The minimum atomic E-state index is -4.67. The maximum Gasteiger partial charge on any atom is 0.433 e. The minimum Gasteiger partial charge on any atom is -0.372 e. The van der Waals surface area contributed by atoms with Crippen LogP contribution in [0.15, 0.2) is 12.1 Å². The lowest BCUT2D eigenvalue weighted by molar-refractivity contribution is -0.152. The number of alkyl halides is 3. The molecule has 1 aromatic heterocycles. The molecule has 25 heavy (non-hydrogen) atoms. The van der Waals surface area contributed by atoms with Gasteiger partial charge in [0, 0.05) is 6.54 Å². The molecule has 6 nitrogen and oxygen atoms in total. The lowest BCUT2D eigenvalue weighted by Gasteiger charge is -2.37. The van der Waals surface area contributed by atoms with E-state index < -0.39 is 53.6 Å². The van der Waals surface area contributed by atoms with Crippen LogP contribution in [0, 0.1) is 5.82 Å². The Balaban J connectivity index is 1.83. The lowest BCUT2D eigenvalue weighted by atomic mass is 9.98. The molecule has 0 unspecified atom stereocenters. The van der Waals surface area contributed by atoms with Gasteiger partial charge in [-0.2, -0.15) is 13.2 Å². The van der Waals surface area contributed by atoms with Crippen molar-refractivity contribution in [1.82, 2.24) is 4.98 Å². The Morgan fingerprint density at radius 1 is 1.28 bits per heavy atom. The molecule has 3 N–H and O–H groups in total. The Morgan fingerprint density at radius 3 is 2.60 bits per heavy atom. The number of ether oxygens (including phenoxy) is 3. The third-order valence-corrected chi connectivity index (χ3v) is 4.11. The van der Waals surface area contributed by atoms with Crippen molar-refractivity contribution >= 4 is 5.82 Å². The summed E-state index contributed by atoms with van der Waals surface area (Å²) in [6.45, 7) is 3.68. The van der Waals surface area contributed by atoms with Crippen molar-refractivity contribution in [2.45, 2.75) is 50.2 Å². The van der Waals surface area contributed by atoms with Crippen molar-refractivity contribution in [3.05, 3.63) is 23.6 Å². The van der Waals surface area contributed by atoms with Crippen LogP contribution >= 0.6 is 0 Å². The molecule has 3 rings (SSSR count). The van der Waals surface area contributed by atoms with Crippen LogP contribution < -0.4 is 11.1 Å². The topological polar surface area (TPSA) is 78.6 Å². The summed E-state index contributed by atoms with van der Waals surface area (Å²) >= 11 is 0. The second-order valence-corrected chi connectivity index (χ2v) is 6.45. The number of fused-ring (bicyclic) bond motifs is 1. The molecule has 10 heteroatoms. The Kier molecular flexibility index (Phi) is 4.65. The number of nitrogens with one attached hydrogen (secondary N) is 1. The van der Waals surface area contributed by atoms with E-state index >= 15 is 0 Å². The Labute approximate surface area is 141 Å². The van der Waals surface area contributed by atoms with E-state index in [1.165, 1.54) is 0 Å². The fourth-order valence-corrected chi connectivity index (χ4v) is 3.04. The van der Waals surface area contributed by atoms with Gasteiger partial charge < -0.3 is 25.3 Å². The lowest BCUT2D eigenvalue weighted by Crippen LogP contribution is -2.56. The number of nitrogens with two attached hydrogens (primary N) is 1. The number of hydrogen-bond acceptors (Lipinski definition) is 6. The van der Waals surface area contributed by atoms with Crippen LogP contribution in [0.25, 0.3) is 0 Å². The minimum absolute atomic E-state index is 0.0693. The van der Waals surface area contributed by atoms with Gasteiger partial charge in [-0.15, -0.1) is 0 Å². The first-order valence-corrected chi connectivity index (χ1v) is 7.78. The van der Waals surface area contributed by atoms with Crippen LogP contribution in [0.1, 0.15) is 19.5 Å². The highest BCUT2D eigenvalue weighted by Gasteiger charge is 2.51. The maximum absolute atomic E-state index is 13.9. The average molecular weight is 365 g/mol. The molecule has 2 aliphatic rings. The molecule has 0 aliphatic carbocycles. The molecule has 140 valence electrons. The largest absolute Gasteiger partial charge is 0.433 e. The van der Waals surface area contributed by atoms with Gasteiger partial charge in [-0.3, -0.25) is 0 Å². The van der Waals surface area contributed by atoms with E-state index in [0.717, 1.165) is 6.07 Å². The maximum atomic E-state index is 13.9. The molecule has 0 aromatic carbocycles. The van der Waals surface area contributed by atoms with Gasteiger partial charge in [0.15, 0.2) is 17.4 Å². The molecule has 0 amide bonds. The summed E-state index contributed by atoms with van der Waals surface area (Å²) in [5.74, 6) is -2.32. The third kappa shape index (κ3) is 3.71. The van der Waals surface area contributed by atoms with Gasteiger partial charge >= 0.3 is 6.18 Å². The van der Waals surface area contributed by atoms with E-state index in [2.05, 4.69) is 10.3 Å². The zero-order chi connectivity index (χ0) is 18.4. The molecule has 2 aliphatic heterocycles. The number of aromatic nitrogens is 1. The molecule has 0 spiro atoms. The van der Waals surface area contributed by atoms with Crippen LogP contribution in [0.3, 0.4) is 0 Å². The number of hydrogen-bond donors (Lipinski definition) is 2. The van der Waals surface area contributed by atoms with Gasteiger partial charge in [0.05, 0.1) is 18.8 Å². The predicted molar refractivity (Wildman–Crippen MR) is 79.2 cm³/mol. The zero-order valence-electron chi connectivity index (χ0n) is 13.6. The molecule has 2 saturated heterocycles.